The lowest BCUT2D eigenvalue weighted by Gasteiger charge is -2.21. The van der Waals surface area contributed by atoms with Gasteiger partial charge in [0, 0.05) is 25.7 Å². The third-order valence-corrected chi connectivity index (χ3v) is 4.29. The smallest absolute Gasteiger partial charge is 0.191 e. The van der Waals surface area contributed by atoms with Crippen molar-refractivity contribution in [3.05, 3.63) is 24.2 Å². The number of nitrogens with one attached hydrogen (secondary N) is 2. The number of hydrogen-bond donors (Lipinski definition) is 2. The summed E-state index contributed by atoms with van der Waals surface area (Å²) in [6.45, 7) is 10.5. The second-order valence-electron chi connectivity index (χ2n) is 6.06. The number of halogens is 1. The number of likely N-dealkylation sites (tertiary alicyclic amines) is 1. The number of likely N-dealkylation sites (N-methyl/N-ethyl adjacent to an activating group) is 1. The molecule has 1 atom stereocenters. The van der Waals surface area contributed by atoms with Gasteiger partial charge in [-0.05, 0) is 51.4 Å². The summed E-state index contributed by atoms with van der Waals surface area (Å²) in [4.78, 5) is 7.27. The fourth-order valence-corrected chi connectivity index (χ4v) is 3.01. The van der Waals surface area contributed by atoms with E-state index >= 15 is 0 Å². The number of furan rings is 1. The van der Waals surface area contributed by atoms with Crippen LogP contribution in [0.25, 0.3) is 0 Å². The molecule has 1 aliphatic rings. The summed E-state index contributed by atoms with van der Waals surface area (Å²) in [5, 5.41) is 6.71. The van der Waals surface area contributed by atoms with Crippen LogP contribution in [0, 0.1) is 0 Å². The van der Waals surface area contributed by atoms with Gasteiger partial charge in [-0.25, -0.2) is 0 Å². The summed E-state index contributed by atoms with van der Waals surface area (Å²) >= 11 is 0. The molecule has 0 spiro atoms. The van der Waals surface area contributed by atoms with E-state index in [0.29, 0.717) is 19.3 Å². The molecular formula is C18H33IN4O2. The van der Waals surface area contributed by atoms with Crippen molar-refractivity contribution in [1.29, 1.82) is 0 Å². The van der Waals surface area contributed by atoms with E-state index in [1.54, 1.807) is 6.26 Å². The molecule has 2 rings (SSSR count). The van der Waals surface area contributed by atoms with Gasteiger partial charge in [0.15, 0.2) is 5.96 Å². The summed E-state index contributed by atoms with van der Waals surface area (Å²) in [7, 11) is 0. The molecule has 0 saturated carbocycles. The molecule has 1 aromatic rings. The molecule has 1 aromatic heterocycles. The minimum absolute atomic E-state index is 0. The molecular weight excluding hydrogens is 431 g/mol. The number of ether oxygens (including phenoxy) is 1. The highest BCUT2D eigenvalue weighted by atomic mass is 127. The van der Waals surface area contributed by atoms with Crippen LogP contribution in [0.3, 0.4) is 0 Å². The van der Waals surface area contributed by atoms with Crippen LogP contribution in [0.15, 0.2) is 27.8 Å². The molecule has 6 nitrogen and oxygen atoms in total. The van der Waals surface area contributed by atoms with Gasteiger partial charge in [-0.3, -0.25) is 9.89 Å². The topological polar surface area (TPSA) is 62.0 Å². The third kappa shape index (κ3) is 8.42. The van der Waals surface area contributed by atoms with Crippen molar-refractivity contribution in [2.24, 2.45) is 4.99 Å². The lowest BCUT2D eigenvalue weighted by molar-refractivity contribution is 0.105. The Balaban J connectivity index is 0.00000312. The van der Waals surface area contributed by atoms with Crippen LogP contribution in [0.4, 0.5) is 0 Å². The summed E-state index contributed by atoms with van der Waals surface area (Å²) in [5.41, 5.74) is 0. The van der Waals surface area contributed by atoms with Crippen molar-refractivity contribution in [2.75, 3.05) is 39.3 Å². The highest BCUT2D eigenvalue weighted by molar-refractivity contribution is 14.0. The number of guanidine groups is 1. The minimum Gasteiger partial charge on any atom is -0.467 e. The Bertz CT molecular complexity index is 468. The average Bonchev–Trinajstić information content (AvgIpc) is 3.26. The molecule has 0 radical (unpaired) electrons. The van der Waals surface area contributed by atoms with Crippen LogP contribution >= 0.6 is 24.0 Å². The molecule has 0 bridgehead atoms. The van der Waals surface area contributed by atoms with Crippen molar-refractivity contribution < 1.29 is 9.15 Å². The van der Waals surface area contributed by atoms with Crippen LogP contribution in [-0.2, 0) is 11.3 Å². The largest absolute Gasteiger partial charge is 0.467 e. The quantitative estimate of drug-likeness (QED) is 0.241. The lowest BCUT2D eigenvalue weighted by atomic mass is 10.2. The normalized spacial score (nSPS) is 18.2. The Morgan fingerprint density at radius 1 is 1.40 bits per heavy atom. The van der Waals surface area contributed by atoms with Crippen LogP contribution in [0.2, 0.25) is 0 Å². The molecule has 0 amide bonds. The lowest BCUT2D eigenvalue weighted by Crippen LogP contribution is -2.39. The van der Waals surface area contributed by atoms with E-state index in [1.165, 1.54) is 19.4 Å². The maximum absolute atomic E-state index is 5.59. The van der Waals surface area contributed by atoms with Gasteiger partial charge in [-0.2, -0.15) is 0 Å². The van der Waals surface area contributed by atoms with Crippen molar-refractivity contribution in [2.45, 2.75) is 45.8 Å². The standard InChI is InChI=1S/C18H32N4O2.HI/c1-3-19-18(21-14-16-8-5-11-22(16)4-2)20-10-7-12-23-15-17-9-6-13-24-17;/h6,9,13,16H,3-5,7-8,10-12,14-15H2,1-2H3,(H2,19,20,21);1H. The number of rotatable bonds is 10. The van der Waals surface area contributed by atoms with E-state index in [0.717, 1.165) is 44.3 Å². The first-order chi connectivity index (χ1) is 11.8. The molecule has 0 aromatic carbocycles. The first-order valence-corrected chi connectivity index (χ1v) is 9.19. The molecule has 1 fully saturated rings. The van der Waals surface area contributed by atoms with Crippen LogP contribution in [-0.4, -0.2) is 56.2 Å². The molecule has 144 valence electrons. The maximum Gasteiger partial charge on any atom is 0.191 e. The predicted molar refractivity (Wildman–Crippen MR) is 113 cm³/mol. The first kappa shape index (κ1) is 22.2. The predicted octanol–water partition coefficient (Wildman–Crippen LogP) is 2.84. The minimum atomic E-state index is 0. The van der Waals surface area contributed by atoms with Crippen molar-refractivity contribution in [1.82, 2.24) is 15.5 Å². The maximum atomic E-state index is 5.59. The van der Waals surface area contributed by atoms with E-state index in [9.17, 15) is 0 Å². The Morgan fingerprint density at radius 2 is 2.28 bits per heavy atom. The molecule has 25 heavy (non-hydrogen) atoms. The second kappa shape index (κ2) is 13.4. The van der Waals surface area contributed by atoms with E-state index < -0.39 is 0 Å². The Kier molecular flexibility index (Phi) is 11.9. The number of hydrogen-bond acceptors (Lipinski definition) is 4. The van der Waals surface area contributed by atoms with Gasteiger partial charge in [0.05, 0.1) is 12.8 Å². The summed E-state index contributed by atoms with van der Waals surface area (Å²) in [6.07, 6.45) is 5.17. The van der Waals surface area contributed by atoms with E-state index in [1.807, 2.05) is 12.1 Å². The van der Waals surface area contributed by atoms with Gasteiger partial charge in [0.25, 0.3) is 0 Å². The molecule has 1 aliphatic heterocycles. The van der Waals surface area contributed by atoms with Crippen LogP contribution < -0.4 is 10.6 Å². The van der Waals surface area contributed by atoms with Gasteiger partial charge in [0.2, 0.25) is 0 Å². The van der Waals surface area contributed by atoms with Gasteiger partial charge in [-0.1, -0.05) is 6.92 Å². The second-order valence-corrected chi connectivity index (χ2v) is 6.06. The fraction of sp³-hybridized carbons (Fsp3) is 0.722. The van der Waals surface area contributed by atoms with E-state index in [4.69, 9.17) is 14.1 Å². The van der Waals surface area contributed by atoms with Gasteiger partial charge >= 0.3 is 0 Å². The zero-order valence-electron chi connectivity index (χ0n) is 15.5. The van der Waals surface area contributed by atoms with Crippen LogP contribution in [0.5, 0.6) is 0 Å². The summed E-state index contributed by atoms with van der Waals surface area (Å²) in [6, 6.07) is 4.40. The summed E-state index contributed by atoms with van der Waals surface area (Å²) in [5.74, 6) is 1.78. The van der Waals surface area contributed by atoms with Crippen molar-refractivity contribution in [3.8, 4) is 0 Å². The Hall–Kier alpha value is -0.800. The van der Waals surface area contributed by atoms with Gasteiger partial charge in [0.1, 0.15) is 12.4 Å². The molecule has 0 aliphatic carbocycles. The monoisotopic (exact) mass is 464 g/mol. The fourth-order valence-electron chi connectivity index (χ4n) is 3.01. The third-order valence-electron chi connectivity index (χ3n) is 4.29. The molecule has 2 N–H and O–H groups in total. The molecule has 1 saturated heterocycles. The van der Waals surface area contributed by atoms with Gasteiger partial charge in [-0.15, -0.1) is 24.0 Å². The highest BCUT2D eigenvalue weighted by Gasteiger charge is 2.22. The van der Waals surface area contributed by atoms with Crippen molar-refractivity contribution >= 4 is 29.9 Å². The molecule has 1 unspecified atom stereocenters. The zero-order valence-corrected chi connectivity index (χ0v) is 17.8. The SMILES string of the molecule is CCNC(=NCC1CCCN1CC)NCCCOCc1ccco1.I. The number of aliphatic imine (C=N–C) groups is 1. The van der Waals surface area contributed by atoms with E-state index in [2.05, 4.69) is 29.4 Å². The van der Waals surface area contributed by atoms with Gasteiger partial charge < -0.3 is 19.8 Å². The zero-order chi connectivity index (χ0) is 17.0. The number of nitrogens with zero attached hydrogens (tertiary/aromatic N) is 2. The molecule has 7 heteroatoms. The Morgan fingerprint density at radius 3 is 3.00 bits per heavy atom. The van der Waals surface area contributed by atoms with Crippen LogP contribution in [0.1, 0.15) is 38.9 Å². The Labute approximate surface area is 168 Å². The highest BCUT2D eigenvalue weighted by Crippen LogP contribution is 2.16. The van der Waals surface area contributed by atoms with Crippen molar-refractivity contribution in [3.63, 3.8) is 0 Å². The molecule has 2 heterocycles. The summed E-state index contributed by atoms with van der Waals surface area (Å²) < 4.78 is 10.8. The van der Waals surface area contributed by atoms with E-state index in [-0.39, 0.29) is 24.0 Å². The first-order valence-electron chi connectivity index (χ1n) is 9.19. The average molecular weight is 464 g/mol.